The van der Waals surface area contributed by atoms with Gasteiger partial charge in [0.15, 0.2) is 0 Å². The van der Waals surface area contributed by atoms with Gasteiger partial charge in [0.25, 0.3) is 5.91 Å². The lowest BCUT2D eigenvalue weighted by molar-refractivity contribution is 0.0922. The van der Waals surface area contributed by atoms with Gasteiger partial charge in [0.2, 0.25) is 0 Å². The molecule has 0 radical (unpaired) electrons. The number of aliphatic hydroxyl groups excluding tert-OH is 1. The number of aromatic nitrogens is 2. The van der Waals surface area contributed by atoms with Crippen LogP contribution in [0, 0.1) is 0 Å². The highest BCUT2D eigenvalue weighted by atomic mass is 16.3. The smallest absolute Gasteiger partial charge is 0.251 e. The molecule has 7 nitrogen and oxygen atoms in total. The van der Waals surface area contributed by atoms with Crippen molar-refractivity contribution in [3.8, 4) is 22.5 Å². The molecule has 3 aromatic rings. The summed E-state index contributed by atoms with van der Waals surface area (Å²) in [5.74, 6) is -0.210. The lowest BCUT2D eigenvalue weighted by Gasteiger charge is -2.34. The number of H-pyrrole nitrogens is 1. The number of carbonyl (C=O) groups excluding carboxylic acids is 1. The second-order valence-corrected chi connectivity index (χ2v) is 8.14. The zero-order chi connectivity index (χ0) is 21.8. The molecule has 7 heteroatoms. The maximum atomic E-state index is 12.3. The molecule has 2 heterocycles. The molecule has 1 aromatic heterocycles. The van der Waals surface area contributed by atoms with Crippen LogP contribution >= 0.6 is 0 Å². The number of piperazine rings is 1. The van der Waals surface area contributed by atoms with Crippen molar-refractivity contribution in [3.05, 3.63) is 60.2 Å². The number of aromatic amines is 1. The number of benzene rings is 2. The van der Waals surface area contributed by atoms with Crippen LogP contribution in [0.15, 0.2) is 54.6 Å². The summed E-state index contributed by atoms with van der Waals surface area (Å²) < 4.78 is 0. The average Bonchev–Trinajstić information content (AvgIpc) is 3.30. The van der Waals surface area contributed by atoms with Crippen molar-refractivity contribution in [3.63, 3.8) is 0 Å². The zero-order valence-electron chi connectivity index (χ0n) is 18.0. The third-order valence-corrected chi connectivity index (χ3v) is 5.70. The lowest BCUT2D eigenvalue weighted by atomic mass is 10.1. The van der Waals surface area contributed by atoms with Crippen molar-refractivity contribution in [2.24, 2.45) is 0 Å². The SMILES string of the molecule is C[C@@H](CO)NC(=O)c1cccc(-c2cc(-c3ccc(N4CCN(C)CC4)cc3)[nH]n2)c1. The van der Waals surface area contributed by atoms with Crippen molar-refractivity contribution >= 4 is 11.6 Å². The van der Waals surface area contributed by atoms with Gasteiger partial charge in [-0.25, -0.2) is 0 Å². The van der Waals surface area contributed by atoms with Gasteiger partial charge < -0.3 is 20.2 Å². The third kappa shape index (κ3) is 4.95. The van der Waals surface area contributed by atoms with Gasteiger partial charge in [-0.15, -0.1) is 0 Å². The minimum atomic E-state index is -0.290. The highest BCUT2D eigenvalue weighted by Gasteiger charge is 2.15. The summed E-state index contributed by atoms with van der Waals surface area (Å²) in [6.45, 7) is 5.93. The summed E-state index contributed by atoms with van der Waals surface area (Å²) in [4.78, 5) is 17.1. The van der Waals surface area contributed by atoms with Gasteiger partial charge in [-0.2, -0.15) is 5.10 Å². The molecular weight excluding hydrogens is 390 g/mol. The molecular formula is C24H29N5O2. The Balaban J connectivity index is 1.48. The van der Waals surface area contributed by atoms with Gasteiger partial charge in [-0.05, 0) is 49.9 Å². The minimum absolute atomic E-state index is 0.0955. The number of carbonyl (C=O) groups is 1. The van der Waals surface area contributed by atoms with Gasteiger partial charge in [0.05, 0.1) is 18.0 Å². The first-order valence-electron chi connectivity index (χ1n) is 10.6. The number of anilines is 1. The summed E-state index contributed by atoms with van der Waals surface area (Å²) in [6.07, 6.45) is 0. The number of likely N-dealkylation sites (N-methyl/N-ethyl adjacent to an activating group) is 1. The molecule has 0 saturated carbocycles. The number of amides is 1. The van der Waals surface area contributed by atoms with Gasteiger partial charge in [-0.3, -0.25) is 9.89 Å². The van der Waals surface area contributed by atoms with Crippen LogP contribution < -0.4 is 10.2 Å². The normalized spacial score (nSPS) is 15.6. The van der Waals surface area contributed by atoms with Crippen LogP contribution in [0.2, 0.25) is 0 Å². The van der Waals surface area contributed by atoms with E-state index in [0.29, 0.717) is 5.56 Å². The van der Waals surface area contributed by atoms with Crippen LogP contribution in [0.3, 0.4) is 0 Å². The fourth-order valence-corrected chi connectivity index (χ4v) is 3.71. The molecule has 3 N–H and O–H groups in total. The minimum Gasteiger partial charge on any atom is -0.394 e. The fourth-order valence-electron chi connectivity index (χ4n) is 3.71. The Bertz CT molecular complexity index is 1020. The molecule has 162 valence electrons. The van der Waals surface area contributed by atoms with Crippen molar-refractivity contribution in [2.75, 3.05) is 44.7 Å². The van der Waals surface area contributed by atoms with Gasteiger partial charge >= 0.3 is 0 Å². The van der Waals surface area contributed by atoms with E-state index in [-0.39, 0.29) is 18.6 Å². The number of aliphatic hydroxyl groups is 1. The third-order valence-electron chi connectivity index (χ3n) is 5.70. The first-order chi connectivity index (χ1) is 15.0. The summed E-state index contributed by atoms with van der Waals surface area (Å²) in [6, 6.07) is 17.6. The van der Waals surface area contributed by atoms with Crippen LogP contribution in [0.1, 0.15) is 17.3 Å². The van der Waals surface area contributed by atoms with Gasteiger partial charge in [0.1, 0.15) is 0 Å². The summed E-state index contributed by atoms with van der Waals surface area (Å²) >= 11 is 0. The predicted octanol–water partition coefficient (Wildman–Crippen LogP) is 2.61. The number of hydrogen-bond donors (Lipinski definition) is 3. The Kier molecular flexibility index (Phi) is 6.34. The molecule has 0 spiro atoms. The highest BCUT2D eigenvalue weighted by molar-refractivity contribution is 5.95. The van der Waals surface area contributed by atoms with E-state index in [1.807, 2.05) is 24.3 Å². The van der Waals surface area contributed by atoms with Crippen molar-refractivity contribution in [1.29, 1.82) is 0 Å². The van der Waals surface area contributed by atoms with Crippen LogP contribution in [0.25, 0.3) is 22.5 Å². The number of hydrogen-bond acceptors (Lipinski definition) is 5. The van der Waals surface area contributed by atoms with E-state index in [0.717, 1.165) is 48.7 Å². The topological polar surface area (TPSA) is 84.5 Å². The largest absolute Gasteiger partial charge is 0.394 e. The van der Waals surface area contributed by atoms with Gasteiger partial charge in [-0.1, -0.05) is 24.3 Å². The van der Waals surface area contributed by atoms with E-state index in [9.17, 15) is 4.79 Å². The van der Waals surface area contributed by atoms with Crippen LogP contribution in [-0.4, -0.2) is 72.0 Å². The summed E-state index contributed by atoms with van der Waals surface area (Å²) in [7, 11) is 2.16. The Hall–Kier alpha value is -3.16. The highest BCUT2D eigenvalue weighted by Crippen LogP contribution is 2.26. The van der Waals surface area contributed by atoms with E-state index >= 15 is 0 Å². The van der Waals surface area contributed by atoms with Crippen LogP contribution in [0.5, 0.6) is 0 Å². The Morgan fingerprint density at radius 2 is 1.84 bits per heavy atom. The molecule has 0 unspecified atom stereocenters. The van der Waals surface area contributed by atoms with Crippen molar-refractivity contribution in [2.45, 2.75) is 13.0 Å². The van der Waals surface area contributed by atoms with E-state index < -0.39 is 0 Å². The molecule has 1 fully saturated rings. The molecule has 0 aliphatic carbocycles. The molecule has 2 aromatic carbocycles. The molecule has 1 atom stereocenters. The molecule has 4 rings (SSSR count). The summed E-state index contributed by atoms with van der Waals surface area (Å²) in [5.41, 5.74) is 5.43. The maximum Gasteiger partial charge on any atom is 0.251 e. The molecule has 1 aliphatic heterocycles. The Labute approximate surface area is 182 Å². The summed E-state index contributed by atoms with van der Waals surface area (Å²) in [5, 5.41) is 19.5. The second kappa shape index (κ2) is 9.32. The molecule has 0 bridgehead atoms. The maximum absolute atomic E-state index is 12.3. The van der Waals surface area contributed by atoms with Crippen LogP contribution in [0.4, 0.5) is 5.69 Å². The molecule has 1 saturated heterocycles. The van der Waals surface area contributed by atoms with E-state index in [2.05, 4.69) is 56.6 Å². The predicted molar refractivity (Wildman–Crippen MR) is 123 cm³/mol. The molecule has 1 amide bonds. The fraction of sp³-hybridized carbons (Fsp3) is 0.333. The van der Waals surface area contributed by atoms with Gasteiger partial charge in [0, 0.05) is 49.0 Å². The van der Waals surface area contributed by atoms with E-state index in [4.69, 9.17) is 5.11 Å². The monoisotopic (exact) mass is 419 g/mol. The quantitative estimate of drug-likeness (QED) is 0.572. The van der Waals surface area contributed by atoms with E-state index in [1.165, 1.54) is 5.69 Å². The standard InChI is InChI=1S/C24H29N5O2/c1-17(16-30)25-24(31)20-5-3-4-19(14-20)23-15-22(26-27-23)18-6-8-21(9-7-18)29-12-10-28(2)11-13-29/h3-9,14-15,17,30H,10-13,16H2,1-2H3,(H,25,31)(H,26,27)/t17-/m0/s1. The second-order valence-electron chi connectivity index (χ2n) is 8.14. The molecule has 31 heavy (non-hydrogen) atoms. The zero-order valence-corrected chi connectivity index (χ0v) is 18.0. The van der Waals surface area contributed by atoms with E-state index in [1.54, 1.807) is 13.0 Å². The number of nitrogens with zero attached hydrogens (tertiary/aromatic N) is 3. The van der Waals surface area contributed by atoms with Crippen molar-refractivity contribution < 1.29 is 9.90 Å². The molecule has 1 aliphatic rings. The van der Waals surface area contributed by atoms with Crippen molar-refractivity contribution in [1.82, 2.24) is 20.4 Å². The Morgan fingerprint density at radius 3 is 2.55 bits per heavy atom. The number of nitrogens with one attached hydrogen (secondary N) is 2. The first-order valence-corrected chi connectivity index (χ1v) is 10.6. The number of rotatable bonds is 6. The first kappa shape index (κ1) is 21.1. The lowest BCUT2D eigenvalue weighted by Crippen LogP contribution is -2.44. The Morgan fingerprint density at radius 1 is 1.10 bits per heavy atom. The van der Waals surface area contributed by atoms with Crippen LogP contribution in [-0.2, 0) is 0 Å². The average molecular weight is 420 g/mol.